The van der Waals surface area contributed by atoms with Crippen molar-refractivity contribution in [2.24, 2.45) is 17.2 Å². The average molecular weight is 190 g/mol. The molecule has 6 heteroatoms. The molecule has 1 unspecified atom stereocenters. The van der Waals surface area contributed by atoms with Gasteiger partial charge in [0.15, 0.2) is 0 Å². The third-order valence-electron chi connectivity index (χ3n) is 1.58. The van der Waals surface area contributed by atoms with Crippen LogP contribution in [-0.4, -0.2) is 32.0 Å². The van der Waals surface area contributed by atoms with Gasteiger partial charge in [-0.3, -0.25) is 10.1 Å². The third-order valence-corrected chi connectivity index (χ3v) is 1.58. The molecule has 13 heavy (non-hydrogen) atoms. The van der Waals surface area contributed by atoms with Gasteiger partial charge in [0.1, 0.15) is 12.3 Å². The Morgan fingerprint density at radius 3 is 2.54 bits per heavy atom. The number of methoxy groups -OCH3 is 1. The molecule has 0 saturated carbocycles. The van der Waals surface area contributed by atoms with Gasteiger partial charge in [0, 0.05) is 0 Å². The second-order valence-corrected chi connectivity index (χ2v) is 2.75. The molecule has 0 fully saturated rings. The molecule has 0 aromatic carbocycles. The molecule has 7 N–H and O–H groups in total. The lowest BCUT2D eigenvalue weighted by Gasteiger charge is -2.10. The van der Waals surface area contributed by atoms with Gasteiger partial charge in [-0.05, 0) is 19.4 Å². The minimum absolute atomic E-state index is 0.392. The van der Waals surface area contributed by atoms with Gasteiger partial charge < -0.3 is 21.9 Å². The Morgan fingerprint density at radius 2 is 2.08 bits per heavy atom. The van der Waals surface area contributed by atoms with E-state index in [2.05, 4.69) is 10.1 Å². The molecular formula is C7H18N4O2. The van der Waals surface area contributed by atoms with Crippen LogP contribution in [0.4, 0.5) is 0 Å². The van der Waals surface area contributed by atoms with Gasteiger partial charge in [0.25, 0.3) is 0 Å². The van der Waals surface area contributed by atoms with Crippen LogP contribution >= 0.6 is 0 Å². The topological polar surface area (TPSA) is 116 Å². The normalized spacial score (nSPS) is 13.0. The third kappa shape index (κ3) is 6.47. The molecule has 0 aromatic rings. The number of hydrogen-bond acceptors (Lipinski definition) is 6. The van der Waals surface area contributed by atoms with E-state index in [1.165, 1.54) is 7.11 Å². The quantitative estimate of drug-likeness (QED) is 0.220. The predicted octanol–water partition coefficient (Wildman–Crippen LogP) is -1.94. The summed E-state index contributed by atoms with van der Waals surface area (Å²) >= 11 is 0. The number of hydrogen-bond donors (Lipinski definition) is 4. The van der Waals surface area contributed by atoms with Crippen LogP contribution in [0.15, 0.2) is 0 Å². The summed E-state index contributed by atoms with van der Waals surface area (Å²) in [7, 11) is 1.32. The average Bonchev–Trinajstić information content (AvgIpc) is 2.10. The number of rotatable bonds is 6. The Morgan fingerprint density at radius 1 is 1.46 bits per heavy atom. The molecule has 0 heterocycles. The van der Waals surface area contributed by atoms with Gasteiger partial charge in [-0.1, -0.05) is 0 Å². The molecular weight excluding hydrogens is 172 g/mol. The van der Waals surface area contributed by atoms with E-state index in [-0.39, 0.29) is 0 Å². The van der Waals surface area contributed by atoms with Gasteiger partial charge in [0.2, 0.25) is 0 Å². The van der Waals surface area contributed by atoms with Crippen molar-refractivity contribution >= 4 is 5.97 Å². The highest BCUT2D eigenvalue weighted by molar-refractivity contribution is 5.75. The molecule has 78 valence electrons. The lowest BCUT2D eigenvalue weighted by Crippen LogP contribution is -2.45. The van der Waals surface area contributed by atoms with Crippen molar-refractivity contribution in [3.8, 4) is 0 Å². The highest BCUT2D eigenvalue weighted by Gasteiger charge is 2.12. The minimum Gasteiger partial charge on any atom is -0.468 e. The lowest BCUT2D eigenvalue weighted by molar-refractivity contribution is -0.142. The lowest BCUT2D eigenvalue weighted by atomic mass is 10.2. The van der Waals surface area contributed by atoms with Gasteiger partial charge in [-0.2, -0.15) is 0 Å². The van der Waals surface area contributed by atoms with Crippen LogP contribution < -0.4 is 22.5 Å². The van der Waals surface area contributed by atoms with E-state index in [9.17, 15) is 4.79 Å². The Balaban J connectivity index is 3.37. The second-order valence-electron chi connectivity index (χ2n) is 2.75. The molecule has 6 nitrogen and oxygen atoms in total. The van der Waals surface area contributed by atoms with Gasteiger partial charge >= 0.3 is 5.97 Å². The number of carbonyl (C=O) groups excluding carboxylic acids is 1. The Labute approximate surface area is 77.8 Å². The fourth-order valence-electron chi connectivity index (χ4n) is 0.860. The first-order valence-electron chi connectivity index (χ1n) is 4.16. The van der Waals surface area contributed by atoms with Crippen molar-refractivity contribution in [1.29, 1.82) is 0 Å². The predicted molar refractivity (Wildman–Crippen MR) is 49.4 cm³/mol. The largest absolute Gasteiger partial charge is 0.468 e. The summed E-state index contributed by atoms with van der Waals surface area (Å²) in [6, 6.07) is -0.555. The first-order chi connectivity index (χ1) is 6.07. The van der Waals surface area contributed by atoms with Gasteiger partial charge in [-0.25, -0.2) is 0 Å². The molecule has 0 amide bonds. The number of nitrogens with one attached hydrogen (secondary N) is 1. The highest BCUT2D eigenvalue weighted by Crippen LogP contribution is 1.94. The summed E-state index contributed by atoms with van der Waals surface area (Å²) in [5.74, 6) is -0.392. The first kappa shape index (κ1) is 12.3. The van der Waals surface area contributed by atoms with E-state index in [1.54, 1.807) is 0 Å². The van der Waals surface area contributed by atoms with Crippen LogP contribution in [-0.2, 0) is 9.53 Å². The maximum atomic E-state index is 10.8. The van der Waals surface area contributed by atoms with E-state index in [4.69, 9.17) is 17.2 Å². The molecule has 1 atom stereocenters. The number of esters is 1. The number of nitrogens with two attached hydrogens (primary N) is 3. The van der Waals surface area contributed by atoms with E-state index < -0.39 is 18.3 Å². The summed E-state index contributed by atoms with van der Waals surface area (Å²) in [4.78, 5) is 10.8. The van der Waals surface area contributed by atoms with Crippen LogP contribution in [0.1, 0.15) is 12.8 Å². The Bertz CT molecular complexity index is 151. The zero-order valence-corrected chi connectivity index (χ0v) is 7.82. The van der Waals surface area contributed by atoms with Crippen molar-refractivity contribution < 1.29 is 9.53 Å². The van der Waals surface area contributed by atoms with Crippen molar-refractivity contribution in [1.82, 2.24) is 5.32 Å². The van der Waals surface area contributed by atoms with Gasteiger partial charge in [-0.15, -0.1) is 0 Å². The van der Waals surface area contributed by atoms with Gasteiger partial charge in [0.05, 0.1) is 7.11 Å². The number of carbonyl (C=O) groups is 1. The maximum Gasteiger partial charge on any atom is 0.322 e. The van der Waals surface area contributed by atoms with Crippen molar-refractivity contribution in [2.45, 2.75) is 25.2 Å². The Hall–Kier alpha value is -0.690. The summed E-state index contributed by atoms with van der Waals surface area (Å²) in [5.41, 5.74) is 16.0. The van der Waals surface area contributed by atoms with E-state index in [0.717, 1.165) is 6.42 Å². The summed E-state index contributed by atoms with van der Waals surface area (Å²) in [6.45, 7) is 0.641. The molecule has 0 aromatic heterocycles. The van der Waals surface area contributed by atoms with Crippen LogP contribution in [0.5, 0.6) is 0 Å². The van der Waals surface area contributed by atoms with E-state index in [0.29, 0.717) is 13.0 Å². The molecule has 0 radical (unpaired) electrons. The van der Waals surface area contributed by atoms with Crippen LogP contribution in [0.2, 0.25) is 0 Å². The SMILES string of the molecule is COC(=O)C(N)CCCNC(N)N. The van der Waals surface area contributed by atoms with Crippen molar-refractivity contribution in [2.75, 3.05) is 13.7 Å². The van der Waals surface area contributed by atoms with Crippen molar-refractivity contribution in [3.05, 3.63) is 0 Å². The summed E-state index contributed by atoms with van der Waals surface area (Å²) in [5, 5.41) is 2.81. The molecule has 0 spiro atoms. The number of ether oxygens (including phenoxy) is 1. The smallest absolute Gasteiger partial charge is 0.322 e. The monoisotopic (exact) mass is 190 g/mol. The zero-order chi connectivity index (χ0) is 10.3. The first-order valence-corrected chi connectivity index (χ1v) is 4.16. The summed E-state index contributed by atoms with van der Waals surface area (Å²) in [6.07, 6.45) is 0.780. The molecule has 0 rings (SSSR count). The van der Waals surface area contributed by atoms with Crippen LogP contribution in [0, 0.1) is 0 Å². The maximum absolute atomic E-state index is 10.8. The van der Waals surface area contributed by atoms with Crippen LogP contribution in [0.25, 0.3) is 0 Å². The highest BCUT2D eigenvalue weighted by atomic mass is 16.5. The van der Waals surface area contributed by atoms with Crippen LogP contribution in [0.3, 0.4) is 0 Å². The fourth-order valence-corrected chi connectivity index (χ4v) is 0.860. The Kier molecular flexibility index (Phi) is 6.43. The second kappa shape index (κ2) is 6.79. The zero-order valence-electron chi connectivity index (χ0n) is 7.82. The molecule has 0 aliphatic heterocycles. The molecule has 0 aliphatic carbocycles. The molecule has 0 bridgehead atoms. The van der Waals surface area contributed by atoms with E-state index in [1.807, 2.05) is 0 Å². The fraction of sp³-hybridized carbons (Fsp3) is 0.857. The molecule has 0 saturated heterocycles. The standard InChI is InChI=1S/C7H18N4O2/c1-13-6(12)5(8)3-2-4-11-7(9)10/h5,7,11H,2-4,8-10H2,1H3. The molecule has 0 aliphatic rings. The minimum atomic E-state index is -0.555. The summed E-state index contributed by atoms with van der Waals surface area (Å²) < 4.78 is 4.46. The van der Waals surface area contributed by atoms with E-state index >= 15 is 0 Å². The van der Waals surface area contributed by atoms with Crippen molar-refractivity contribution in [3.63, 3.8) is 0 Å².